The molecule has 0 bridgehead atoms. The Balaban J connectivity index is 2.31. The van der Waals surface area contributed by atoms with Crippen LogP contribution in [0.15, 0.2) is 0 Å². The van der Waals surface area contributed by atoms with Gasteiger partial charge in [0.1, 0.15) is 0 Å². The zero-order valence-electron chi connectivity index (χ0n) is 8.16. The van der Waals surface area contributed by atoms with Gasteiger partial charge in [-0.15, -0.1) is 0 Å². The van der Waals surface area contributed by atoms with Gasteiger partial charge in [0.2, 0.25) is 0 Å². The Kier molecular flexibility index (Phi) is 3.81. The molecule has 0 aromatic rings. The molecule has 0 aromatic carbocycles. The summed E-state index contributed by atoms with van der Waals surface area (Å²) in [4.78, 5) is 0. The van der Waals surface area contributed by atoms with Crippen molar-refractivity contribution in [2.75, 3.05) is 6.23 Å². The molecule has 0 saturated heterocycles. The molecule has 1 saturated carbocycles. The minimum atomic E-state index is -0.296. The fourth-order valence-corrected chi connectivity index (χ4v) is 2.06. The average Bonchev–Trinajstić information content (AvgIpc) is 2.21. The molecule has 0 spiro atoms. The van der Waals surface area contributed by atoms with Crippen LogP contribution in [0.3, 0.4) is 0 Å². The summed E-state index contributed by atoms with van der Waals surface area (Å²) in [6.45, 7) is 0. The van der Waals surface area contributed by atoms with Crippen molar-refractivity contribution in [3.63, 3.8) is 0 Å². The van der Waals surface area contributed by atoms with E-state index in [0.717, 1.165) is 24.9 Å². The molecule has 0 aliphatic heterocycles. The lowest BCUT2D eigenvalue weighted by atomic mass is 9.86. The standard InChI is InChI=1S/C9H15NOS/c1-12-11-9(7-10)8-5-3-2-4-6-8/h8-9H,2-6H2,1H3/i1T. The second kappa shape index (κ2) is 5.45. The van der Waals surface area contributed by atoms with Gasteiger partial charge in [0.05, 0.1) is 6.07 Å². The van der Waals surface area contributed by atoms with E-state index in [4.69, 9.17) is 10.8 Å². The monoisotopic (exact) mass is 187 g/mol. The van der Waals surface area contributed by atoms with Gasteiger partial charge in [0.25, 0.3) is 0 Å². The van der Waals surface area contributed by atoms with Crippen molar-refractivity contribution in [3.05, 3.63) is 0 Å². The average molecular weight is 187 g/mol. The van der Waals surface area contributed by atoms with E-state index in [1.165, 1.54) is 19.3 Å². The second-order valence-electron chi connectivity index (χ2n) is 3.16. The molecule has 12 heavy (non-hydrogen) atoms. The highest BCUT2D eigenvalue weighted by molar-refractivity contribution is 7.93. The van der Waals surface area contributed by atoms with Crippen molar-refractivity contribution >= 4 is 12.0 Å². The lowest BCUT2D eigenvalue weighted by Gasteiger charge is -2.24. The molecule has 68 valence electrons. The topological polar surface area (TPSA) is 33.0 Å². The van der Waals surface area contributed by atoms with E-state index in [2.05, 4.69) is 6.07 Å². The van der Waals surface area contributed by atoms with Gasteiger partial charge in [-0.05, 0) is 30.8 Å². The lowest BCUT2D eigenvalue weighted by Crippen LogP contribution is -2.22. The van der Waals surface area contributed by atoms with Gasteiger partial charge in [0.15, 0.2) is 6.10 Å². The fraction of sp³-hybridized carbons (Fsp3) is 0.889. The van der Waals surface area contributed by atoms with E-state index in [1.54, 1.807) is 0 Å². The zero-order chi connectivity index (χ0) is 9.52. The Morgan fingerprint density at radius 3 is 2.92 bits per heavy atom. The number of nitriles is 1. The van der Waals surface area contributed by atoms with Crippen molar-refractivity contribution in [1.29, 1.82) is 5.26 Å². The molecule has 1 aliphatic rings. The van der Waals surface area contributed by atoms with Gasteiger partial charge >= 0.3 is 0 Å². The first kappa shape index (κ1) is 8.40. The SMILES string of the molecule is [3H]CSOC(C#N)C1CCCCC1. The molecule has 1 rings (SSSR count). The smallest absolute Gasteiger partial charge is 0.161 e. The molecule has 0 N–H and O–H groups in total. The van der Waals surface area contributed by atoms with Crippen LogP contribution < -0.4 is 0 Å². The summed E-state index contributed by atoms with van der Waals surface area (Å²) in [5.74, 6) is 0.401. The largest absolute Gasteiger partial charge is 0.297 e. The lowest BCUT2D eigenvalue weighted by molar-refractivity contribution is 0.178. The summed E-state index contributed by atoms with van der Waals surface area (Å²) >= 11 is 1.08. The molecule has 0 aromatic heterocycles. The second-order valence-corrected chi connectivity index (χ2v) is 3.59. The molecule has 1 fully saturated rings. The summed E-state index contributed by atoms with van der Waals surface area (Å²) in [6.07, 6.45) is 5.82. The molecule has 2 nitrogen and oxygen atoms in total. The number of rotatable bonds is 3. The van der Waals surface area contributed by atoms with Crippen molar-refractivity contribution < 1.29 is 5.55 Å². The molecule has 0 amide bonds. The Labute approximate surface area is 79.9 Å². The normalized spacial score (nSPS) is 22.8. The van der Waals surface area contributed by atoms with Crippen molar-refractivity contribution in [2.45, 2.75) is 38.2 Å². The third-order valence-corrected chi connectivity index (χ3v) is 2.72. The maximum atomic E-state index is 8.86. The highest BCUT2D eigenvalue weighted by Crippen LogP contribution is 2.28. The molecule has 1 aliphatic carbocycles. The van der Waals surface area contributed by atoms with Crippen LogP contribution in [0.5, 0.6) is 0 Å². The van der Waals surface area contributed by atoms with Crippen LogP contribution >= 0.6 is 12.0 Å². The van der Waals surface area contributed by atoms with Crippen LogP contribution in [0.1, 0.15) is 33.5 Å². The third-order valence-electron chi connectivity index (χ3n) is 2.38. The van der Waals surface area contributed by atoms with Crippen molar-refractivity contribution in [3.8, 4) is 6.07 Å². The van der Waals surface area contributed by atoms with E-state index in [1.807, 2.05) is 0 Å². The molecule has 0 heterocycles. The van der Waals surface area contributed by atoms with E-state index < -0.39 is 0 Å². The zero-order valence-corrected chi connectivity index (χ0v) is 7.98. The summed E-state index contributed by atoms with van der Waals surface area (Å²) in [5.41, 5.74) is 0. The van der Waals surface area contributed by atoms with Gasteiger partial charge in [-0.25, -0.2) is 0 Å². The first-order chi connectivity index (χ1) is 6.38. The van der Waals surface area contributed by atoms with Crippen LogP contribution in [-0.4, -0.2) is 12.3 Å². The summed E-state index contributed by atoms with van der Waals surface area (Å²) in [7, 11) is 0. The Morgan fingerprint density at radius 1 is 1.58 bits per heavy atom. The predicted molar refractivity (Wildman–Crippen MR) is 50.6 cm³/mol. The van der Waals surface area contributed by atoms with E-state index in [9.17, 15) is 0 Å². The van der Waals surface area contributed by atoms with E-state index >= 15 is 0 Å². The van der Waals surface area contributed by atoms with Crippen LogP contribution in [0.2, 0.25) is 0 Å². The maximum Gasteiger partial charge on any atom is 0.161 e. The maximum absolute atomic E-state index is 8.86. The van der Waals surface area contributed by atoms with Gasteiger partial charge in [0, 0.05) is 7.60 Å². The van der Waals surface area contributed by atoms with Gasteiger partial charge < -0.3 is 0 Å². The fourth-order valence-electron chi connectivity index (χ4n) is 1.72. The minimum absolute atomic E-state index is 0.172. The molecular weight excluding hydrogens is 170 g/mol. The molecule has 3 heteroatoms. The van der Waals surface area contributed by atoms with Crippen molar-refractivity contribution in [1.82, 2.24) is 0 Å². The van der Waals surface area contributed by atoms with Crippen LogP contribution in [-0.2, 0) is 4.18 Å². The highest BCUT2D eigenvalue weighted by Gasteiger charge is 2.23. The highest BCUT2D eigenvalue weighted by atomic mass is 32.2. The number of hydrogen-bond acceptors (Lipinski definition) is 3. The van der Waals surface area contributed by atoms with E-state index in [-0.39, 0.29) is 12.3 Å². The minimum Gasteiger partial charge on any atom is -0.297 e. The third kappa shape index (κ3) is 2.69. The Bertz CT molecular complexity index is 177. The molecule has 1 atom stereocenters. The van der Waals surface area contributed by atoms with Gasteiger partial charge in [-0.1, -0.05) is 19.3 Å². The van der Waals surface area contributed by atoms with Crippen LogP contribution in [0.4, 0.5) is 0 Å². The van der Waals surface area contributed by atoms with Gasteiger partial charge in [-0.3, -0.25) is 4.18 Å². The van der Waals surface area contributed by atoms with Crippen LogP contribution in [0, 0.1) is 17.2 Å². The van der Waals surface area contributed by atoms with Crippen molar-refractivity contribution in [2.24, 2.45) is 5.92 Å². The first-order valence-corrected chi connectivity index (χ1v) is 5.26. The number of nitrogens with zero attached hydrogens (tertiary/aromatic N) is 1. The summed E-state index contributed by atoms with van der Waals surface area (Å²) in [5, 5.41) is 8.86. The summed E-state index contributed by atoms with van der Waals surface area (Å²) < 4.78 is 12.2. The van der Waals surface area contributed by atoms with Crippen LogP contribution in [0.25, 0.3) is 0 Å². The first-order valence-electron chi connectivity index (χ1n) is 5.06. The van der Waals surface area contributed by atoms with E-state index in [0.29, 0.717) is 5.92 Å². The summed E-state index contributed by atoms with van der Waals surface area (Å²) in [6, 6.07) is 2.18. The van der Waals surface area contributed by atoms with Gasteiger partial charge in [-0.2, -0.15) is 5.26 Å². The molecule has 1 unspecified atom stereocenters. The predicted octanol–water partition coefficient (Wildman–Crippen LogP) is 2.75. The molecule has 0 radical (unpaired) electrons. The Hall–Kier alpha value is -0.200. The Morgan fingerprint density at radius 2 is 2.33 bits per heavy atom. The number of hydrogen-bond donors (Lipinski definition) is 0. The quantitative estimate of drug-likeness (QED) is 0.637. The molecular formula is C9H15NOS.